The van der Waals surface area contributed by atoms with Gasteiger partial charge in [-0.25, -0.2) is 0 Å². The van der Waals surface area contributed by atoms with Crippen LogP contribution in [0.25, 0.3) is 10.8 Å². The SMILES string of the molecule is Cc1cccc(C)c1NC(=O)COC(=O)CCC(=O)Nc1cccc2ccccc12. The molecule has 0 bridgehead atoms. The molecular formula is C24H24N2O4. The molecule has 6 nitrogen and oxygen atoms in total. The van der Waals surface area contributed by atoms with E-state index in [9.17, 15) is 14.4 Å². The van der Waals surface area contributed by atoms with Crippen LogP contribution in [0.2, 0.25) is 0 Å². The number of para-hydroxylation sites is 1. The molecule has 154 valence electrons. The first-order valence-electron chi connectivity index (χ1n) is 9.73. The number of ether oxygens (including phenoxy) is 1. The highest BCUT2D eigenvalue weighted by Gasteiger charge is 2.13. The van der Waals surface area contributed by atoms with Gasteiger partial charge >= 0.3 is 5.97 Å². The number of fused-ring (bicyclic) bond motifs is 1. The number of hydrogen-bond acceptors (Lipinski definition) is 4. The van der Waals surface area contributed by atoms with Gasteiger partial charge in [-0.2, -0.15) is 0 Å². The average molecular weight is 404 g/mol. The molecule has 0 unspecified atom stereocenters. The van der Waals surface area contributed by atoms with Gasteiger partial charge in [0.05, 0.1) is 6.42 Å². The minimum Gasteiger partial charge on any atom is -0.456 e. The molecule has 0 aliphatic carbocycles. The van der Waals surface area contributed by atoms with Crippen LogP contribution in [-0.2, 0) is 19.1 Å². The lowest BCUT2D eigenvalue weighted by Gasteiger charge is -2.11. The summed E-state index contributed by atoms with van der Waals surface area (Å²) < 4.78 is 5.00. The molecule has 3 aromatic rings. The van der Waals surface area contributed by atoms with Crippen LogP contribution in [0.3, 0.4) is 0 Å². The van der Waals surface area contributed by atoms with Crippen LogP contribution >= 0.6 is 0 Å². The number of rotatable bonds is 7. The molecule has 3 aromatic carbocycles. The Hall–Kier alpha value is -3.67. The van der Waals surface area contributed by atoms with E-state index in [0.717, 1.165) is 21.9 Å². The summed E-state index contributed by atoms with van der Waals surface area (Å²) in [7, 11) is 0. The number of nitrogens with one attached hydrogen (secondary N) is 2. The molecular weight excluding hydrogens is 380 g/mol. The quantitative estimate of drug-likeness (QED) is 0.573. The number of anilines is 2. The van der Waals surface area contributed by atoms with Crippen LogP contribution < -0.4 is 10.6 Å². The molecule has 2 N–H and O–H groups in total. The fourth-order valence-electron chi connectivity index (χ4n) is 3.17. The fourth-order valence-corrected chi connectivity index (χ4v) is 3.17. The molecule has 3 rings (SSSR count). The largest absolute Gasteiger partial charge is 0.456 e. The Morgan fingerprint density at radius 1 is 0.767 bits per heavy atom. The summed E-state index contributed by atoms with van der Waals surface area (Å²) in [5, 5.41) is 7.53. The third kappa shape index (κ3) is 5.44. The van der Waals surface area contributed by atoms with Crippen molar-refractivity contribution in [1.82, 2.24) is 0 Å². The molecule has 6 heteroatoms. The summed E-state index contributed by atoms with van der Waals surface area (Å²) in [6, 6.07) is 19.1. The highest BCUT2D eigenvalue weighted by molar-refractivity contribution is 6.02. The Morgan fingerprint density at radius 3 is 2.20 bits per heavy atom. The number of hydrogen-bond donors (Lipinski definition) is 2. The first-order chi connectivity index (χ1) is 14.4. The topological polar surface area (TPSA) is 84.5 Å². The Morgan fingerprint density at radius 2 is 1.43 bits per heavy atom. The van der Waals surface area contributed by atoms with Gasteiger partial charge in [-0.05, 0) is 36.4 Å². The van der Waals surface area contributed by atoms with E-state index in [0.29, 0.717) is 11.4 Å². The van der Waals surface area contributed by atoms with Crippen LogP contribution in [0.15, 0.2) is 60.7 Å². The molecule has 0 saturated heterocycles. The monoisotopic (exact) mass is 404 g/mol. The number of carbonyl (C=O) groups excluding carboxylic acids is 3. The van der Waals surface area contributed by atoms with E-state index in [1.165, 1.54) is 0 Å². The van der Waals surface area contributed by atoms with Crippen LogP contribution in [0, 0.1) is 13.8 Å². The van der Waals surface area contributed by atoms with E-state index in [1.807, 2.05) is 74.5 Å². The van der Waals surface area contributed by atoms with E-state index < -0.39 is 18.5 Å². The lowest BCUT2D eigenvalue weighted by atomic mass is 10.1. The second-order valence-corrected chi connectivity index (χ2v) is 7.05. The number of aryl methyl sites for hydroxylation is 2. The van der Waals surface area contributed by atoms with Crippen LogP contribution in [0.1, 0.15) is 24.0 Å². The molecule has 0 heterocycles. The van der Waals surface area contributed by atoms with Gasteiger partial charge in [0.25, 0.3) is 5.91 Å². The summed E-state index contributed by atoms with van der Waals surface area (Å²) in [5.41, 5.74) is 3.27. The van der Waals surface area contributed by atoms with Gasteiger partial charge in [-0.15, -0.1) is 0 Å². The summed E-state index contributed by atoms with van der Waals surface area (Å²) in [6.07, 6.45) is -0.131. The van der Waals surface area contributed by atoms with Gasteiger partial charge in [0.1, 0.15) is 0 Å². The molecule has 0 fully saturated rings. The number of amides is 2. The van der Waals surface area contributed by atoms with Gasteiger partial charge < -0.3 is 15.4 Å². The van der Waals surface area contributed by atoms with Gasteiger partial charge in [0.15, 0.2) is 6.61 Å². The fraction of sp³-hybridized carbons (Fsp3) is 0.208. The first kappa shape index (κ1) is 21.0. The van der Waals surface area contributed by atoms with Crippen LogP contribution in [0.5, 0.6) is 0 Å². The minimum absolute atomic E-state index is 0.0272. The lowest BCUT2D eigenvalue weighted by molar-refractivity contribution is -0.147. The third-order valence-electron chi connectivity index (χ3n) is 4.73. The molecule has 30 heavy (non-hydrogen) atoms. The maximum Gasteiger partial charge on any atom is 0.306 e. The summed E-state index contributed by atoms with van der Waals surface area (Å²) in [6.45, 7) is 3.39. The summed E-state index contributed by atoms with van der Waals surface area (Å²) >= 11 is 0. The van der Waals surface area contributed by atoms with Gasteiger partial charge in [0, 0.05) is 23.2 Å². The van der Waals surface area contributed by atoms with E-state index in [1.54, 1.807) is 0 Å². The maximum absolute atomic E-state index is 12.2. The Balaban J connectivity index is 1.45. The van der Waals surface area contributed by atoms with Crippen molar-refractivity contribution in [2.24, 2.45) is 0 Å². The van der Waals surface area contributed by atoms with Crippen molar-refractivity contribution in [2.75, 3.05) is 17.2 Å². The van der Waals surface area contributed by atoms with Crippen molar-refractivity contribution in [3.63, 3.8) is 0 Å². The van der Waals surface area contributed by atoms with Crippen molar-refractivity contribution in [1.29, 1.82) is 0 Å². The zero-order valence-electron chi connectivity index (χ0n) is 17.0. The van der Waals surface area contributed by atoms with Crippen molar-refractivity contribution < 1.29 is 19.1 Å². The van der Waals surface area contributed by atoms with Crippen LogP contribution in [0.4, 0.5) is 11.4 Å². The maximum atomic E-state index is 12.2. The number of carbonyl (C=O) groups is 3. The minimum atomic E-state index is -0.597. The van der Waals surface area contributed by atoms with Crippen molar-refractivity contribution in [3.05, 3.63) is 71.8 Å². The Kier molecular flexibility index (Phi) is 6.80. The van der Waals surface area contributed by atoms with E-state index in [-0.39, 0.29) is 18.7 Å². The molecule has 0 aliphatic rings. The molecule has 0 aromatic heterocycles. The van der Waals surface area contributed by atoms with Gasteiger partial charge in [0.2, 0.25) is 5.91 Å². The van der Waals surface area contributed by atoms with Gasteiger partial charge in [-0.3, -0.25) is 14.4 Å². The highest BCUT2D eigenvalue weighted by atomic mass is 16.5. The smallest absolute Gasteiger partial charge is 0.306 e. The molecule has 0 spiro atoms. The Labute approximate surface area is 175 Å². The number of esters is 1. The molecule has 0 aliphatic heterocycles. The zero-order chi connectivity index (χ0) is 21.5. The Bertz CT molecular complexity index is 1070. The second kappa shape index (κ2) is 9.69. The number of benzene rings is 3. The lowest BCUT2D eigenvalue weighted by Crippen LogP contribution is -2.22. The first-order valence-corrected chi connectivity index (χ1v) is 9.73. The van der Waals surface area contributed by atoms with E-state index in [4.69, 9.17) is 4.74 Å². The third-order valence-corrected chi connectivity index (χ3v) is 4.73. The summed E-state index contributed by atoms with van der Waals surface area (Å²) in [5.74, 6) is -1.30. The summed E-state index contributed by atoms with van der Waals surface area (Å²) in [4.78, 5) is 36.2. The normalized spacial score (nSPS) is 10.5. The standard InChI is InChI=1S/C24H24N2O4/c1-16-7-5-8-17(2)24(16)26-22(28)15-30-23(29)14-13-21(27)25-20-12-6-10-18-9-3-4-11-19(18)20/h3-12H,13-15H2,1-2H3,(H,25,27)(H,26,28). The van der Waals surface area contributed by atoms with Gasteiger partial charge in [-0.1, -0.05) is 54.6 Å². The van der Waals surface area contributed by atoms with Crippen molar-refractivity contribution in [3.8, 4) is 0 Å². The van der Waals surface area contributed by atoms with Crippen LogP contribution in [-0.4, -0.2) is 24.4 Å². The zero-order valence-corrected chi connectivity index (χ0v) is 17.0. The predicted molar refractivity (Wildman–Crippen MR) is 117 cm³/mol. The highest BCUT2D eigenvalue weighted by Crippen LogP contribution is 2.23. The molecule has 0 atom stereocenters. The van der Waals surface area contributed by atoms with Crippen molar-refractivity contribution >= 4 is 39.9 Å². The second-order valence-electron chi connectivity index (χ2n) is 7.05. The molecule has 0 radical (unpaired) electrons. The predicted octanol–water partition coefficient (Wildman–Crippen LogP) is 4.36. The molecule has 0 saturated carbocycles. The average Bonchev–Trinajstić information content (AvgIpc) is 2.74. The van der Waals surface area contributed by atoms with E-state index in [2.05, 4.69) is 10.6 Å². The molecule has 2 amide bonds. The van der Waals surface area contributed by atoms with Crippen molar-refractivity contribution in [2.45, 2.75) is 26.7 Å². The van der Waals surface area contributed by atoms with E-state index >= 15 is 0 Å².